The minimum Gasteiger partial charge on any atom is -0.0916 e. The van der Waals surface area contributed by atoms with Crippen molar-refractivity contribution in [3.8, 4) is 0 Å². The van der Waals surface area contributed by atoms with Crippen LogP contribution in [-0.4, -0.2) is 19.0 Å². The maximum Gasteiger partial charge on any atom is 0.0214 e. The second-order valence-corrected chi connectivity index (χ2v) is 5.68. The molecule has 4 heteroatoms. The highest BCUT2D eigenvalue weighted by molar-refractivity contribution is 14.1. The van der Waals surface area contributed by atoms with Gasteiger partial charge in [-0.15, -0.1) is 0 Å². The van der Waals surface area contributed by atoms with Crippen molar-refractivity contribution in [2.75, 3.05) is 14.2 Å². The zero-order chi connectivity index (χ0) is 7.70. The topological polar surface area (TPSA) is 0 Å². The molecule has 0 aliphatic heterocycles. The van der Waals surface area contributed by atoms with Gasteiger partial charge in [0.15, 0.2) is 0 Å². The molecule has 0 rings (SSSR count). The molecular weight excluding hydrogens is 474 g/mol. The molecule has 0 aromatic heterocycles. The summed E-state index contributed by atoms with van der Waals surface area (Å²) in [6.45, 7) is 2.09. The molecule has 0 spiro atoms. The van der Waals surface area contributed by atoms with Gasteiger partial charge in [0.1, 0.15) is 0 Å². The van der Waals surface area contributed by atoms with Gasteiger partial charge in [0.25, 0.3) is 0 Å². The predicted octanol–water partition coefficient (Wildman–Crippen LogP) is 4.02. The first-order chi connectivity index (χ1) is 4.18. The number of hydrogen-bond acceptors (Lipinski definition) is 0. The Bertz CT molecular complexity index is 39.9. The van der Waals surface area contributed by atoms with Crippen molar-refractivity contribution in [3.63, 3.8) is 0 Å². The first-order valence-corrected chi connectivity index (χ1v) is 7.59. The summed E-state index contributed by atoms with van der Waals surface area (Å²) in [7, 11) is 0. The first-order valence-electron chi connectivity index (χ1n) is 2.51. The monoisotopic (exact) mass is 482 g/mol. The van der Waals surface area contributed by atoms with Crippen LogP contribution < -0.4 is 0 Å². The van der Waals surface area contributed by atoms with Gasteiger partial charge in [0.2, 0.25) is 0 Å². The van der Waals surface area contributed by atoms with Crippen molar-refractivity contribution < 1.29 is 0 Å². The van der Waals surface area contributed by atoms with Crippen molar-refractivity contribution in [1.29, 1.82) is 0 Å². The van der Waals surface area contributed by atoms with Gasteiger partial charge in [0, 0.05) is 19.0 Å². The van der Waals surface area contributed by atoms with Crippen LogP contribution in [0.1, 0.15) is 6.92 Å². The van der Waals surface area contributed by atoms with Crippen LogP contribution in [0, 0.1) is 0 Å². The van der Waals surface area contributed by atoms with E-state index in [-0.39, 0.29) is 0 Å². The quantitative estimate of drug-likeness (QED) is 0.411. The largest absolute Gasteiger partial charge is 0.0916 e. The van der Waals surface area contributed by atoms with Gasteiger partial charge in [-0.25, -0.2) is 0 Å². The lowest BCUT2D eigenvalue weighted by Gasteiger charge is -1.86. The fourth-order valence-corrected chi connectivity index (χ4v) is 0. The van der Waals surface area contributed by atoms with E-state index in [9.17, 15) is 0 Å². The Morgan fingerprint density at radius 1 is 1.33 bits per heavy atom. The second-order valence-electron chi connectivity index (χ2n) is 1.31. The van der Waals surface area contributed by atoms with Gasteiger partial charge in [-0.05, 0) is 0 Å². The Labute approximate surface area is 101 Å². The molecule has 0 N–H and O–H groups in total. The lowest BCUT2D eigenvalue weighted by atomic mass is 10.6. The van der Waals surface area contributed by atoms with E-state index in [1.165, 1.54) is 8.86 Å². The summed E-state index contributed by atoms with van der Waals surface area (Å²) in [6, 6.07) is 0. The zero-order valence-electron chi connectivity index (χ0n) is 5.21. The van der Waals surface area contributed by atoms with Crippen molar-refractivity contribution in [1.82, 2.24) is 0 Å². The number of rotatable bonds is 2. The van der Waals surface area contributed by atoms with E-state index in [1.54, 1.807) is 0 Å². The highest BCUT2D eigenvalue weighted by Gasteiger charge is 1.84. The summed E-state index contributed by atoms with van der Waals surface area (Å²) in [4.78, 5) is 0.613. The van der Waals surface area contributed by atoms with E-state index >= 15 is 0 Å². The lowest BCUT2D eigenvalue weighted by molar-refractivity contribution is 1.17. The Hall–Kier alpha value is 2.42. The highest BCUT2D eigenvalue weighted by atomic mass is 127. The Morgan fingerprint density at radius 2 is 1.56 bits per heavy atom. The minimum absolute atomic E-state index is 0.613. The van der Waals surface area contributed by atoms with Gasteiger partial charge in [-0.3, -0.25) is 0 Å². The molecule has 0 radical (unpaired) electrons. The molecule has 0 fully saturated rings. The van der Waals surface area contributed by atoms with Crippen molar-refractivity contribution in [2.24, 2.45) is 0 Å². The molecule has 1 unspecified atom stereocenters. The maximum absolute atomic E-state index is 3.33. The third-order valence-corrected chi connectivity index (χ3v) is 5.59. The van der Waals surface area contributed by atoms with Gasteiger partial charge in [0.05, 0.1) is 0 Å². The average molecular weight is 484 g/mol. The van der Waals surface area contributed by atoms with E-state index in [4.69, 9.17) is 0 Å². The fraction of sp³-hybridized carbons (Fsp3) is 1.00. The molecule has 0 aromatic carbocycles. The van der Waals surface area contributed by atoms with Crippen LogP contribution in [0.3, 0.4) is 0 Å². The van der Waals surface area contributed by atoms with E-state index in [0.717, 1.165) is 5.33 Å². The average Bonchev–Trinajstić information content (AvgIpc) is 1.89. The smallest absolute Gasteiger partial charge is 0.0214 e. The molecule has 0 aliphatic carbocycles. The third kappa shape index (κ3) is 25.1. The van der Waals surface area contributed by atoms with Crippen LogP contribution in [0.2, 0.25) is 0 Å². The second kappa shape index (κ2) is 13.0. The van der Waals surface area contributed by atoms with E-state index in [1.807, 2.05) is 0 Å². The van der Waals surface area contributed by atoms with Crippen LogP contribution in [0.5, 0.6) is 0 Å². The third-order valence-electron chi connectivity index (χ3n) is 0.284. The molecule has 0 bridgehead atoms. The Morgan fingerprint density at radius 3 is 1.56 bits per heavy atom. The molecule has 0 amide bonds. The summed E-state index contributed by atoms with van der Waals surface area (Å²) in [5.74, 6) is 0. The van der Waals surface area contributed by atoms with Crippen molar-refractivity contribution >= 4 is 77.0 Å². The molecule has 58 valence electrons. The van der Waals surface area contributed by atoms with Crippen molar-refractivity contribution in [3.05, 3.63) is 0 Å². The van der Waals surface area contributed by atoms with E-state index in [2.05, 4.69) is 84.0 Å². The fourth-order valence-electron chi connectivity index (χ4n) is 0. The van der Waals surface area contributed by atoms with Gasteiger partial charge < -0.3 is 0 Å². The molecule has 0 nitrogen and oxygen atoms in total. The molecule has 0 aromatic rings. The van der Waals surface area contributed by atoms with E-state index in [0.29, 0.717) is 4.83 Å². The zero-order valence-corrected chi connectivity index (χ0v) is 12.7. The maximum atomic E-state index is 3.33. The normalized spacial score (nSPS) is 11.7. The molecule has 0 aliphatic rings. The summed E-state index contributed by atoms with van der Waals surface area (Å²) in [5.41, 5.74) is 0. The lowest BCUT2D eigenvalue weighted by Crippen LogP contribution is -1.85. The summed E-state index contributed by atoms with van der Waals surface area (Å²) in [5, 5.41) is 1.03. The molecular formula is C5H10Br2I2. The van der Waals surface area contributed by atoms with Crippen LogP contribution in [0.4, 0.5) is 0 Å². The standard InChI is InChI=1S/C3H6Br2.C2H4I2/c1-3(5)2-4;3-1-2-4/h3H,2H2,1H3;1-2H2. The van der Waals surface area contributed by atoms with Gasteiger partial charge in [-0.2, -0.15) is 0 Å². The first kappa shape index (κ1) is 14.0. The Kier molecular flexibility index (Phi) is 20.2. The number of alkyl halides is 4. The molecule has 0 saturated carbocycles. The molecule has 9 heavy (non-hydrogen) atoms. The van der Waals surface area contributed by atoms with Crippen LogP contribution in [0.25, 0.3) is 0 Å². The molecule has 0 heterocycles. The summed E-state index contributed by atoms with van der Waals surface area (Å²) >= 11 is 11.3. The number of halogens is 4. The number of hydrogen-bond donors (Lipinski definition) is 0. The van der Waals surface area contributed by atoms with Crippen LogP contribution in [-0.2, 0) is 0 Å². The van der Waals surface area contributed by atoms with Crippen LogP contribution >= 0.6 is 77.0 Å². The molecule has 0 saturated heterocycles. The van der Waals surface area contributed by atoms with Crippen molar-refractivity contribution in [2.45, 2.75) is 11.8 Å². The summed E-state index contributed by atoms with van der Waals surface area (Å²) < 4.78 is 2.55. The van der Waals surface area contributed by atoms with Gasteiger partial charge in [-0.1, -0.05) is 84.0 Å². The Balaban J connectivity index is 0. The predicted molar refractivity (Wildman–Crippen MR) is 70.0 cm³/mol. The van der Waals surface area contributed by atoms with Crippen LogP contribution in [0.15, 0.2) is 0 Å². The summed E-state index contributed by atoms with van der Waals surface area (Å²) in [6.07, 6.45) is 0. The molecule has 1 atom stereocenters. The highest BCUT2D eigenvalue weighted by Crippen LogP contribution is 1.99. The SMILES string of the molecule is CC(Br)CBr.ICCI. The minimum atomic E-state index is 0.613. The van der Waals surface area contributed by atoms with Gasteiger partial charge >= 0.3 is 0 Å². The van der Waals surface area contributed by atoms with E-state index < -0.39 is 0 Å².